The summed E-state index contributed by atoms with van der Waals surface area (Å²) in [7, 11) is -2.67. The van der Waals surface area contributed by atoms with Gasteiger partial charge in [0, 0.05) is 0 Å². The molecule has 5 heteroatoms. The Balaban J connectivity index is 0.00000280. The zero-order valence-corrected chi connectivity index (χ0v) is 31.1. The largest absolute Gasteiger partial charge is 1.00 e. The summed E-state index contributed by atoms with van der Waals surface area (Å²) in [6.07, 6.45) is 0. The number of benzene rings is 3. The van der Waals surface area contributed by atoms with Gasteiger partial charge in [-0.15, -0.1) is 0 Å². The summed E-state index contributed by atoms with van der Waals surface area (Å²) in [6.45, 7) is 23.5. The molecule has 0 bridgehead atoms. The Bertz CT molecular complexity index is 1270. The van der Waals surface area contributed by atoms with E-state index in [-0.39, 0.29) is 40.6 Å². The van der Waals surface area contributed by atoms with Crippen LogP contribution in [0.3, 0.4) is 0 Å². The Kier molecular flexibility index (Phi) is 13.5. The molecule has 0 N–H and O–H groups in total. The summed E-state index contributed by atoms with van der Waals surface area (Å²) in [5, 5.41) is 4.57. The average molecular weight is 660 g/mol. The standard InChI is InChI=1S/C36H45Si.3ClH.Ti/c1-23(2)30-14-11-17-33(20-30)37(34-18-12-15-31(21-34)24(3)4,35-19-13-16-32(22-35)25(5)6)36-28(9)26(7)27(8)29(36)10;;;;/h11-25H,1-10H3;3*1H;/q;;;;+3/p-3. The second-order valence-corrected chi connectivity index (χ2v) is 18.3. The van der Waals surface area contributed by atoms with E-state index in [1.807, 2.05) is 0 Å². The molecule has 3 aromatic rings. The van der Waals surface area contributed by atoms with Gasteiger partial charge >= 0.3 is 246 Å². The van der Waals surface area contributed by atoms with Crippen molar-refractivity contribution in [2.24, 2.45) is 0 Å². The molecular weight excluding hydrogens is 615 g/mol. The van der Waals surface area contributed by atoms with Crippen molar-refractivity contribution >= 4 is 23.6 Å². The van der Waals surface area contributed by atoms with Crippen LogP contribution < -0.4 is 52.8 Å². The van der Waals surface area contributed by atoms with Crippen molar-refractivity contribution in [2.45, 2.75) is 90.3 Å². The molecule has 0 fully saturated rings. The van der Waals surface area contributed by atoms with Gasteiger partial charge in [0.1, 0.15) is 0 Å². The first-order chi connectivity index (χ1) is 17.9. The third kappa shape index (κ3) is 6.29. The predicted molar refractivity (Wildman–Crippen MR) is 166 cm³/mol. The molecule has 0 nitrogen and oxygen atoms in total. The van der Waals surface area contributed by atoms with E-state index in [1.165, 1.54) is 43.4 Å². The Hall–Kier alpha value is -1.06. The molecule has 218 valence electrons. The third-order valence-corrected chi connectivity index (χ3v) is 17.7. The zero-order valence-electron chi connectivity index (χ0n) is 26.3. The summed E-state index contributed by atoms with van der Waals surface area (Å²) in [4.78, 5) is 0. The van der Waals surface area contributed by atoms with Crippen LogP contribution in [0.2, 0.25) is 3.34 Å². The first-order valence-electron chi connectivity index (χ1n) is 14.3. The van der Waals surface area contributed by atoms with Crippen LogP contribution >= 0.6 is 0 Å². The molecule has 0 radical (unpaired) electrons. The van der Waals surface area contributed by atoms with Gasteiger partial charge in [0.2, 0.25) is 0 Å². The van der Waals surface area contributed by atoms with E-state index < -0.39 is 8.07 Å². The minimum atomic E-state index is -2.67. The zero-order chi connectivity index (χ0) is 28.0. The fourth-order valence-electron chi connectivity index (χ4n) is 6.51. The number of halogens is 3. The summed E-state index contributed by atoms with van der Waals surface area (Å²) < 4.78 is -0.0814. The van der Waals surface area contributed by atoms with Crippen molar-refractivity contribution in [3.63, 3.8) is 0 Å². The molecule has 3 aromatic carbocycles. The summed E-state index contributed by atoms with van der Waals surface area (Å²) in [6, 6.07) is 29.0. The smallest absolute Gasteiger partial charge is 1.00 e. The van der Waals surface area contributed by atoms with Crippen molar-refractivity contribution in [2.75, 3.05) is 0 Å². The van der Waals surface area contributed by atoms with Gasteiger partial charge in [-0.05, 0) is 0 Å². The van der Waals surface area contributed by atoms with Crippen LogP contribution in [0.15, 0.2) is 95.1 Å². The molecule has 1 aliphatic carbocycles. The Morgan fingerprint density at radius 2 is 0.780 bits per heavy atom. The molecule has 4 rings (SSSR count). The second kappa shape index (κ2) is 14.6. The van der Waals surface area contributed by atoms with Gasteiger partial charge in [-0.2, -0.15) is 0 Å². The summed E-state index contributed by atoms with van der Waals surface area (Å²) in [5.74, 6) is 1.45. The maximum absolute atomic E-state index is 2.67. The normalized spacial score (nSPS) is 14.8. The topological polar surface area (TPSA) is 0 Å². The van der Waals surface area contributed by atoms with Crippen molar-refractivity contribution in [1.82, 2.24) is 0 Å². The van der Waals surface area contributed by atoms with Crippen LogP contribution in [0.5, 0.6) is 0 Å². The Morgan fingerprint density at radius 3 is 1.02 bits per heavy atom. The minimum absolute atomic E-state index is 0. The van der Waals surface area contributed by atoms with Crippen LogP contribution in [0, 0.1) is 0 Å². The van der Waals surface area contributed by atoms with Gasteiger partial charge in [0.25, 0.3) is 0 Å². The number of rotatable bonds is 7. The van der Waals surface area contributed by atoms with Gasteiger partial charge in [-0.25, -0.2) is 0 Å². The molecule has 0 aliphatic heterocycles. The van der Waals surface area contributed by atoms with Crippen molar-refractivity contribution < 1.29 is 57.7 Å². The molecule has 0 saturated heterocycles. The number of allylic oxidation sites excluding steroid dienone is 4. The van der Waals surface area contributed by atoms with Crippen LogP contribution in [0.1, 0.15) is 104 Å². The molecule has 0 spiro atoms. The van der Waals surface area contributed by atoms with Gasteiger partial charge in [0.15, 0.2) is 0 Å². The van der Waals surface area contributed by atoms with Crippen LogP contribution in [0.25, 0.3) is 0 Å². The molecule has 0 atom stereocenters. The number of hydrogen-bond donors (Lipinski definition) is 0. The average Bonchev–Trinajstić information content (AvgIpc) is 3.05. The summed E-state index contributed by atoms with van der Waals surface area (Å²) >= 11 is 2.58. The second-order valence-electron chi connectivity index (χ2n) is 12.3. The van der Waals surface area contributed by atoms with Crippen molar-refractivity contribution in [1.29, 1.82) is 0 Å². The van der Waals surface area contributed by atoms with Gasteiger partial charge < -0.3 is 37.2 Å². The van der Waals surface area contributed by atoms with E-state index in [1.54, 1.807) is 11.1 Å². The van der Waals surface area contributed by atoms with Crippen LogP contribution in [-0.2, 0) is 20.4 Å². The SMILES string of the molecule is CC1=C(C)[C]([Ti+3])([Si](c2cccc(C(C)C)c2)(c2cccc(C(C)C)c2)c2cccc(C(C)C)c2)C(C)=C1C.[Cl-].[Cl-].[Cl-]. The molecule has 0 saturated carbocycles. The maximum Gasteiger partial charge on any atom is -1.00 e. The fourth-order valence-corrected chi connectivity index (χ4v) is 15.1. The fraction of sp³-hybridized carbons (Fsp3) is 0.389. The molecule has 1 aliphatic rings. The molecule has 41 heavy (non-hydrogen) atoms. The molecule has 0 heterocycles. The molecule has 0 unspecified atom stereocenters. The maximum atomic E-state index is 2.58. The molecule has 0 amide bonds. The molecular formula is C36H45Cl3SiTi. The first-order valence-corrected chi connectivity index (χ1v) is 17.1. The Morgan fingerprint density at radius 1 is 0.512 bits per heavy atom. The van der Waals surface area contributed by atoms with E-state index in [9.17, 15) is 0 Å². The van der Waals surface area contributed by atoms with Gasteiger partial charge in [0.05, 0.1) is 0 Å². The van der Waals surface area contributed by atoms with Crippen molar-refractivity contribution in [3.05, 3.63) is 112 Å². The van der Waals surface area contributed by atoms with Crippen molar-refractivity contribution in [3.8, 4) is 0 Å². The van der Waals surface area contributed by atoms with E-state index >= 15 is 0 Å². The third-order valence-electron chi connectivity index (χ3n) is 9.33. The summed E-state index contributed by atoms with van der Waals surface area (Å²) in [5.41, 5.74) is 10.3. The Labute approximate surface area is 281 Å². The van der Waals surface area contributed by atoms with Gasteiger partial charge in [-0.1, -0.05) is 0 Å². The predicted octanol–water partition coefficient (Wildman–Crippen LogP) is -0.530. The monoisotopic (exact) mass is 658 g/mol. The minimum Gasteiger partial charge on any atom is -1.00 e. The van der Waals surface area contributed by atoms with E-state index in [0.717, 1.165) is 0 Å². The quantitative estimate of drug-likeness (QED) is 0.237. The first kappa shape index (κ1) is 38.0. The van der Waals surface area contributed by atoms with Crippen LogP contribution in [-0.4, -0.2) is 8.07 Å². The van der Waals surface area contributed by atoms with E-state index in [2.05, 4.69) is 162 Å². The van der Waals surface area contributed by atoms with E-state index in [4.69, 9.17) is 0 Å². The molecule has 0 aromatic heterocycles. The number of hydrogen-bond acceptors (Lipinski definition) is 0. The van der Waals surface area contributed by atoms with Crippen LogP contribution in [0.4, 0.5) is 0 Å². The van der Waals surface area contributed by atoms with E-state index in [0.29, 0.717) is 17.8 Å². The van der Waals surface area contributed by atoms with Gasteiger partial charge in [-0.3, -0.25) is 0 Å².